The van der Waals surface area contributed by atoms with Gasteiger partial charge in [0, 0.05) is 19.4 Å². The molecule has 5 nitrogen and oxygen atoms in total. The predicted octanol–water partition coefficient (Wildman–Crippen LogP) is 0.374. The van der Waals surface area contributed by atoms with Gasteiger partial charge < -0.3 is 15.2 Å². The molecule has 0 atom stereocenters. The van der Waals surface area contributed by atoms with Crippen LogP contribution in [0.5, 0.6) is 0 Å². The lowest BCUT2D eigenvalue weighted by Crippen LogP contribution is -2.28. The summed E-state index contributed by atoms with van der Waals surface area (Å²) in [6.07, 6.45) is 4.22. The molecule has 2 rings (SSSR count). The first-order valence-corrected chi connectivity index (χ1v) is 6.05. The first-order chi connectivity index (χ1) is 7.88. The van der Waals surface area contributed by atoms with Gasteiger partial charge in [-0.15, -0.1) is 0 Å². The summed E-state index contributed by atoms with van der Waals surface area (Å²) in [5.41, 5.74) is 0. The first kappa shape index (κ1) is 11.5. The highest BCUT2D eigenvalue weighted by Gasteiger charge is 2.16. The molecule has 90 valence electrons. The van der Waals surface area contributed by atoms with Gasteiger partial charge in [-0.3, -0.25) is 0 Å². The van der Waals surface area contributed by atoms with Crippen LogP contribution in [0.1, 0.15) is 24.6 Å². The number of nitrogens with zero attached hydrogens (tertiary/aromatic N) is 2. The molecule has 2 N–H and O–H groups in total. The molecule has 16 heavy (non-hydrogen) atoms. The molecule has 1 aliphatic rings. The van der Waals surface area contributed by atoms with Crippen molar-refractivity contribution in [2.75, 3.05) is 26.7 Å². The molecule has 1 aromatic rings. The maximum atomic E-state index is 5.19. The van der Waals surface area contributed by atoms with Gasteiger partial charge in [-0.25, -0.2) is 0 Å². The Bertz CT molecular complexity index is 307. The predicted molar refractivity (Wildman–Crippen MR) is 61.2 cm³/mol. The van der Waals surface area contributed by atoms with E-state index in [4.69, 9.17) is 4.52 Å². The van der Waals surface area contributed by atoms with Gasteiger partial charge in [0.1, 0.15) is 0 Å². The summed E-state index contributed by atoms with van der Waals surface area (Å²) >= 11 is 0. The average Bonchev–Trinajstić information content (AvgIpc) is 2.75. The number of hydrogen-bond donors (Lipinski definition) is 2. The van der Waals surface area contributed by atoms with Crippen LogP contribution in [-0.4, -0.2) is 36.8 Å². The summed E-state index contributed by atoms with van der Waals surface area (Å²) in [5, 5.41) is 10.5. The minimum Gasteiger partial charge on any atom is -0.339 e. The van der Waals surface area contributed by atoms with Crippen molar-refractivity contribution in [3.05, 3.63) is 11.7 Å². The average molecular weight is 224 g/mol. The lowest BCUT2D eigenvalue weighted by Gasteiger charge is -2.20. The van der Waals surface area contributed by atoms with Crippen molar-refractivity contribution in [2.24, 2.45) is 5.92 Å². The van der Waals surface area contributed by atoms with Crippen LogP contribution in [0.2, 0.25) is 0 Å². The Morgan fingerprint density at radius 3 is 3.00 bits per heavy atom. The van der Waals surface area contributed by atoms with Gasteiger partial charge >= 0.3 is 0 Å². The van der Waals surface area contributed by atoms with E-state index in [9.17, 15) is 0 Å². The fraction of sp³-hybridized carbons (Fsp3) is 0.818. The molecule has 0 aliphatic carbocycles. The molecule has 0 amide bonds. The van der Waals surface area contributed by atoms with E-state index in [-0.39, 0.29) is 0 Å². The summed E-state index contributed by atoms with van der Waals surface area (Å²) in [6.45, 7) is 3.12. The zero-order chi connectivity index (χ0) is 11.2. The summed E-state index contributed by atoms with van der Waals surface area (Å²) in [5.74, 6) is 2.34. The van der Waals surface area contributed by atoms with E-state index >= 15 is 0 Å². The zero-order valence-electron chi connectivity index (χ0n) is 9.83. The van der Waals surface area contributed by atoms with Crippen molar-refractivity contribution in [3.8, 4) is 0 Å². The van der Waals surface area contributed by atoms with Gasteiger partial charge in [0.25, 0.3) is 0 Å². The summed E-state index contributed by atoms with van der Waals surface area (Å²) in [7, 11) is 1.92. The normalized spacial score (nSPS) is 17.8. The molecule has 0 spiro atoms. The van der Waals surface area contributed by atoms with Crippen LogP contribution in [0.4, 0.5) is 0 Å². The number of nitrogens with one attached hydrogen (secondary N) is 2. The van der Waals surface area contributed by atoms with E-state index in [0.29, 0.717) is 0 Å². The minimum atomic E-state index is 0.719. The molecule has 0 unspecified atom stereocenters. The molecule has 1 saturated heterocycles. The Hall–Kier alpha value is -0.940. The molecule has 1 aromatic heterocycles. The van der Waals surface area contributed by atoms with Gasteiger partial charge in [-0.05, 0) is 38.9 Å². The highest BCUT2D eigenvalue weighted by Crippen LogP contribution is 2.16. The number of piperidine rings is 1. The Morgan fingerprint density at radius 2 is 2.25 bits per heavy atom. The van der Waals surface area contributed by atoms with Gasteiger partial charge in [0.15, 0.2) is 5.82 Å². The maximum absolute atomic E-state index is 5.19. The second-order valence-electron chi connectivity index (χ2n) is 4.36. The fourth-order valence-corrected chi connectivity index (χ4v) is 2.05. The van der Waals surface area contributed by atoms with E-state index in [0.717, 1.165) is 50.1 Å². The van der Waals surface area contributed by atoms with E-state index in [2.05, 4.69) is 20.8 Å². The summed E-state index contributed by atoms with van der Waals surface area (Å²) in [4.78, 5) is 4.40. The number of aromatic nitrogens is 2. The summed E-state index contributed by atoms with van der Waals surface area (Å²) < 4.78 is 5.19. The molecule has 1 aliphatic heterocycles. The van der Waals surface area contributed by atoms with Gasteiger partial charge in [-0.2, -0.15) is 4.98 Å². The van der Waals surface area contributed by atoms with E-state index in [1.807, 2.05) is 7.05 Å². The Balaban J connectivity index is 1.81. The van der Waals surface area contributed by atoms with Crippen molar-refractivity contribution < 1.29 is 4.52 Å². The third-order valence-corrected chi connectivity index (χ3v) is 3.03. The lowest BCUT2D eigenvalue weighted by molar-refractivity contribution is 0.347. The van der Waals surface area contributed by atoms with Crippen LogP contribution in [0, 0.1) is 5.92 Å². The molecule has 0 bridgehead atoms. The van der Waals surface area contributed by atoms with Gasteiger partial charge in [0.2, 0.25) is 5.89 Å². The van der Waals surface area contributed by atoms with Crippen LogP contribution in [-0.2, 0) is 12.8 Å². The van der Waals surface area contributed by atoms with Crippen molar-refractivity contribution in [3.63, 3.8) is 0 Å². The molecule has 1 fully saturated rings. The van der Waals surface area contributed by atoms with E-state index in [1.165, 1.54) is 12.8 Å². The number of rotatable bonds is 5. The van der Waals surface area contributed by atoms with Crippen LogP contribution in [0.3, 0.4) is 0 Å². The molecular weight excluding hydrogens is 204 g/mol. The topological polar surface area (TPSA) is 63.0 Å². The number of hydrogen-bond acceptors (Lipinski definition) is 5. The summed E-state index contributed by atoms with van der Waals surface area (Å²) in [6, 6.07) is 0. The van der Waals surface area contributed by atoms with Crippen molar-refractivity contribution in [1.29, 1.82) is 0 Å². The SMILES string of the molecule is CNCCc1nc(CC2CCNCC2)no1. The molecule has 2 heterocycles. The van der Waals surface area contributed by atoms with Crippen LogP contribution >= 0.6 is 0 Å². The second-order valence-corrected chi connectivity index (χ2v) is 4.36. The maximum Gasteiger partial charge on any atom is 0.227 e. The Labute approximate surface area is 96.0 Å². The van der Waals surface area contributed by atoms with Gasteiger partial charge in [-0.1, -0.05) is 5.16 Å². The third-order valence-electron chi connectivity index (χ3n) is 3.03. The Morgan fingerprint density at radius 1 is 1.44 bits per heavy atom. The largest absolute Gasteiger partial charge is 0.339 e. The third kappa shape index (κ3) is 3.28. The first-order valence-electron chi connectivity index (χ1n) is 6.05. The molecule has 0 radical (unpaired) electrons. The quantitative estimate of drug-likeness (QED) is 0.757. The molecule has 5 heteroatoms. The van der Waals surface area contributed by atoms with Crippen molar-refractivity contribution >= 4 is 0 Å². The zero-order valence-corrected chi connectivity index (χ0v) is 9.83. The fourth-order valence-electron chi connectivity index (χ4n) is 2.05. The van der Waals surface area contributed by atoms with Crippen LogP contribution < -0.4 is 10.6 Å². The smallest absolute Gasteiger partial charge is 0.227 e. The second kappa shape index (κ2) is 5.96. The molecule has 0 aromatic carbocycles. The monoisotopic (exact) mass is 224 g/mol. The standard InChI is InChI=1S/C11H20N4O/c1-12-5-4-11-14-10(15-16-11)8-9-2-6-13-7-3-9/h9,12-13H,2-8H2,1H3. The van der Waals surface area contributed by atoms with Crippen LogP contribution in [0.15, 0.2) is 4.52 Å². The van der Waals surface area contributed by atoms with E-state index in [1.54, 1.807) is 0 Å². The number of likely N-dealkylation sites (N-methyl/N-ethyl adjacent to an activating group) is 1. The lowest BCUT2D eigenvalue weighted by atomic mass is 9.94. The van der Waals surface area contributed by atoms with Crippen molar-refractivity contribution in [1.82, 2.24) is 20.8 Å². The van der Waals surface area contributed by atoms with E-state index < -0.39 is 0 Å². The highest BCUT2D eigenvalue weighted by molar-refractivity contribution is 4.90. The Kier molecular flexibility index (Phi) is 4.30. The molecular formula is C11H20N4O. The van der Waals surface area contributed by atoms with Crippen LogP contribution in [0.25, 0.3) is 0 Å². The van der Waals surface area contributed by atoms with Crippen molar-refractivity contribution in [2.45, 2.75) is 25.7 Å². The molecule has 0 saturated carbocycles. The van der Waals surface area contributed by atoms with Gasteiger partial charge in [0.05, 0.1) is 0 Å². The highest BCUT2D eigenvalue weighted by atomic mass is 16.5. The minimum absolute atomic E-state index is 0.719.